The lowest BCUT2D eigenvalue weighted by atomic mass is 9.81. The molecule has 0 spiro atoms. The maximum atomic E-state index is 12.3. The number of nitrogens with one attached hydrogen (secondary N) is 1. The first-order valence-electron chi connectivity index (χ1n) is 9.47. The minimum Gasteiger partial charge on any atom is -0.504 e. The summed E-state index contributed by atoms with van der Waals surface area (Å²) in [6.07, 6.45) is 13.7. The number of amides is 1. The van der Waals surface area contributed by atoms with E-state index in [1.54, 1.807) is 18.2 Å². The van der Waals surface area contributed by atoms with Gasteiger partial charge in [0.25, 0.3) is 0 Å². The van der Waals surface area contributed by atoms with Crippen molar-refractivity contribution in [3.8, 4) is 11.5 Å². The van der Waals surface area contributed by atoms with Gasteiger partial charge in [-0.15, -0.1) is 0 Å². The van der Waals surface area contributed by atoms with Crippen LogP contribution in [0.25, 0.3) is 0 Å². The summed E-state index contributed by atoms with van der Waals surface area (Å²) in [5.74, 6) is 2.07. The highest BCUT2D eigenvalue weighted by Gasteiger charge is 2.22. The number of rotatable bonds is 6. The quantitative estimate of drug-likeness (QED) is 0.768. The summed E-state index contributed by atoms with van der Waals surface area (Å²) in [5.41, 5.74) is 0.851. The van der Waals surface area contributed by atoms with E-state index < -0.39 is 0 Å². The number of hydrogen-bond acceptors (Lipinski definition) is 3. The lowest BCUT2D eigenvalue weighted by Gasteiger charge is -2.28. The molecule has 2 N–H and O–H groups in total. The van der Waals surface area contributed by atoms with Crippen molar-refractivity contribution in [3.63, 3.8) is 0 Å². The molecule has 1 amide bonds. The number of phenolic OH excluding ortho intramolecular Hbond substituents is 1. The number of ether oxygens (including phenoxy) is 1. The average Bonchev–Trinajstić information content (AvgIpc) is 2.56. The first-order valence-corrected chi connectivity index (χ1v) is 9.47. The number of allylic oxidation sites excluding steroid dienone is 2. The van der Waals surface area contributed by atoms with E-state index in [2.05, 4.69) is 17.5 Å². The number of methoxy groups -OCH3 is 1. The standard InChI is InChI=1S/C21H29NO3/c1-25-20-13-17(9-12-19(20)23)14-21(24)22-18-10-7-16(8-11-18)6-5-15-3-2-4-15/h5-6,9,12-13,15-16,18,23H,2-4,7-8,10-11,14H2,1H3,(H,22,24)/b6-5+/t16-,18+. The Morgan fingerprint density at radius 1 is 1.16 bits per heavy atom. The molecule has 0 atom stereocenters. The van der Waals surface area contributed by atoms with E-state index >= 15 is 0 Å². The summed E-state index contributed by atoms with van der Waals surface area (Å²) in [6.45, 7) is 0. The molecule has 1 aromatic carbocycles. The number of carbonyl (C=O) groups excluding carboxylic acids is 1. The molecule has 4 heteroatoms. The highest BCUT2D eigenvalue weighted by Crippen LogP contribution is 2.31. The van der Waals surface area contributed by atoms with Gasteiger partial charge in [-0.05, 0) is 68.1 Å². The van der Waals surface area contributed by atoms with Crippen molar-refractivity contribution in [3.05, 3.63) is 35.9 Å². The van der Waals surface area contributed by atoms with Crippen LogP contribution in [0.5, 0.6) is 11.5 Å². The Balaban J connectivity index is 1.42. The maximum absolute atomic E-state index is 12.3. The predicted octanol–water partition coefficient (Wildman–Crippen LogP) is 3.97. The van der Waals surface area contributed by atoms with Crippen molar-refractivity contribution >= 4 is 5.91 Å². The SMILES string of the molecule is COc1cc(CC(=O)N[C@H]2CC[C@@H](/C=C/C3CCC3)CC2)ccc1O. The Hall–Kier alpha value is -1.97. The molecule has 0 saturated heterocycles. The maximum Gasteiger partial charge on any atom is 0.224 e. The lowest BCUT2D eigenvalue weighted by molar-refractivity contribution is -0.121. The number of hydrogen-bond donors (Lipinski definition) is 2. The number of aromatic hydroxyl groups is 1. The van der Waals surface area contributed by atoms with Crippen LogP contribution in [-0.4, -0.2) is 24.2 Å². The van der Waals surface area contributed by atoms with Crippen molar-refractivity contribution in [2.75, 3.05) is 7.11 Å². The zero-order valence-corrected chi connectivity index (χ0v) is 15.0. The number of phenols is 1. The largest absolute Gasteiger partial charge is 0.504 e. The van der Waals surface area contributed by atoms with Crippen LogP contribution < -0.4 is 10.1 Å². The van der Waals surface area contributed by atoms with E-state index in [1.165, 1.54) is 39.2 Å². The Kier molecular flexibility index (Phi) is 6.00. The van der Waals surface area contributed by atoms with Gasteiger partial charge in [-0.25, -0.2) is 0 Å². The highest BCUT2D eigenvalue weighted by molar-refractivity contribution is 5.79. The molecule has 0 heterocycles. The summed E-state index contributed by atoms with van der Waals surface area (Å²) in [4.78, 5) is 12.3. The first-order chi connectivity index (χ1) is 12.1. The summed E-state index contributed by atoms with van der Waals surface area (Å²) in [6, 6.07) is 5.34. The number of carbonyl (C=O) groups is 1. The van der Waals surface area contributed by atoms with Gasteiger partial charge in [0.2, 0.25) is 5.91 Å². The molecule has 2 aliphatic carbocycles. The fourth-order valence-corrected chi connectivity index (χ4v) is 3.70. The van der Waals surface area contributed by atoms with E-state index in [4.69, 9.17) is 4.74 Å². The summed E-state index contributed by atoms with van der Waals surface area (Å²) < 4.78 is 5.09. The molecule has 0 aliphatic heterocycles. The molecule has 25 heavy (non-hydrogen) atoms. The third-order valence-corrected chi connectivity index (χ3v) is 5.55. The fourth-order valence-electron chi connectivity index (χ4n) is 3.70. The normalized spacial score (nSPS) is 24.0. The van der Waals surface area contributed by atoms with Crippen LogP contribution in [0.2, 0.25) is 0 Å². The van der Waals surface area contributed by atoms with Crippen molar-refractivity contribution < 1.29 is 14.6 Å². The second kappa shape index (κ2) is 8.41. The molecule has 0 unspecified atom stereocenters. The Labute approximate surface area is 150 Å². The van der Waals surface area contributed by atoms with E-state index in [0.717, 1.165) is 24.3 Å². The molecule has 0 aromatic heterocycles. The van der Waals surface area contributed by atoms with Gasteiger partial charge in [-0.1, -0.05) is 24.6 Å². The van der Waals surface area contributed by atoms with Gasteiger partial charge >= 0.3 is 0 Å². The fraction of sp³-hybridized carbons (Fsp3) is 0.571. The second-order valence-electron chi connectivity index (χ2n) is 7.44. The summed E-state index contributed by atoms with van der Waals surface area (Å²) in [5, 5.41) is 12.8. The summed E-state index contributed by atoms with van der Waals surface area (Å²) >= 11 is 0. The molecule has 136 valence electrons. The molecule has 4 nitrogen and oxygen atoms in total. The zero-order valence-electron chi connectivity index (χ0n) is 15.0. The molecule has 0 bridgehead atoms. The van der Waals surface area contributed by atoms with E-state index in [9.17, 15) is 9.90 Å². The van der Waals surface area contributed by atoms with Crippen LogP contribution in [0, 0.1) is 11.8 Å². The zero-order chi connectivity index (χ0) is 17.6. The molecule has 2 fully saturated rings. The van der Waals surface area contributed by atoms with Gasteiger partial charge in [0, 0.05) is 6.04 Å². The Morgan fingerprint density at radius 3 is 2.44 bits per heavy atom. The lowest BCUT2D eigenvalue weighted by Crippen LogP contribution is -2.38. The molecule has 0 radical (unpaired) electrons. The third kappa shape index (κ3) is 5.00. The molecular weight excluding hydrogens is 314 g/mol. The van der Waals surface area contributed by atoms with Crippen LogP contribution in [-0.2, 0) is 11.2 Å². The van der Waals surface area contributed by atoms with Crippen LogP contribution in [0.1, 0.15) is 50.5 Å². The van der Waals surface area contributed by atoms with E-state index in [-0.39, 0.29) is 11.7 Å². The molecule has 2 aliphatic rings. The van der Waals surface area contributed by atoms with Gasteiger partial charge in [-0.3, -0.25) is 4.79 Å². The van der Waals surface area contributed by atoms with Crippen LogP contribution >= 0.6 is 0 Å². The van der Waals surface area contributed by atoms with Crippen LogP contribution in [0.4, 0.5) is 0 Å². The minimum absolute atomic E-state index is 0.0428. The second-order valence-corrected chi connectivity index (χ2v) is 7.44. The average molecular weight is 343 g/mol. The van der Waals surface area contributed by atoms with Crippen molar-refractivity contribution in [2.24, 2.45) is 11.8 Å². The van der Waals surface area contributed by atoms with Crippen LogP contribution in [0.15, 0.2) is 30.4 Å². The monoisotopic (exact) mass is 343 g/mol. The molecule has 3 rings (SSSR count). The van der Waals surface area contributed by atoms with Gasteiger partial charge in [-0.2, -0.15) is 0 Å². The van der Waals surface area contributed by atoms with E-state index in [1.807, 2.05) is 0 Å². The Morgan fingerprint density at radius 2 is 1.84 bits per heavy atom. The number of benzene rings is 1. The van der Waals surface area contributed by atoms with E-state index in [0.29, 0.717) is 24.1 Å². The molecule has 2 saturated carbocycles. The van der Waals surface area contributed by atoms with Crippen molar-refractivity contribution in [1.29, 1.82) is 0 Å². The van der Waals surface area contributed by atoms with Gasteiger partial charge in [0.15, 0.2) is 11.5 Å². The predicted molar refractivity (Wildman–Crippen MR) is 98.7 cm³/mol. The van der Waals surface area contributed by atoms with Crippen LogP contribution in [0.3, 0.4) is 0 Å². The van der Waals surface area contributed by atoms with Gasteiger partial charge in [0.1, 0.15) is 0 Å². The van der Waals surface area contributed by atoms with Crippen molar-refractivity contribution in [2.45, 2.75) is 57.4 Å². The Bertz CT molecular complexity index is 614. The van der Waals surface area contributed by atoms with Gasteiger partial charge in [0.05, 0.1) is 13.5 Å². The minimum atomic E-state index is 0.0428. The first kappa shape index (κ1) is 17.8. The molecular formula is C21H29NO3. The third-order valence-electron chi connectivity index (χ3n) is 5.55. The smallest absolute Gasteiger partial charge is 0.224 e. The van der Waals surface area contributed by atoms with Crippen molar-refractivity contribution in [1.82, 2.24) is 5.32 Å². The van der Waals surface area contributed by atoms with Gasteiger partial charge < -0.3 is 15.2 Å². The highest BCUT2D eigenvalue weighted by atomic mass is 16.5. The topological polar surface area (TPSA) is 58.6 Å². The summed E-state index contributed by atoms with van der Waals surface area (Å²) in [7, 11) is 1.51. The molecule has 1 aromatic rings.